The van der Waals surface area contributed by atoms with E-state index in [2.05, 4.69) is 25.2 Å². The summed E-state index contributed by atoms with van der Waals surface area (Å²) in [6.07, 6.45) is 2.09. The summed E-state index contributed by atoms with van der Waals surface area (Å²) in [6, 6.07) is 0. The van der Waals surface area contributed by atoms with Crippen molar-refractivity contribution in [1.29, 1.82) is 0 Å². The van der Waals surface area contributed by atoms with Crippen molar-refractivity contribution in [3.05, 3.63) is 12.2 Å². The van der Waals surface area contributed by atoms with Crippen molar-refractivity contribution in [2.45, 2.75) is 13.0 Å². The molecule has 0 spiro atoms. The van der Waals surface area contributed by atoms with Gasteiger partial charge in [-0.2, -0.15) is 22.5 Å². The normalized spacial score (nSPS) is 12.2. The van der Waals surface area contributed by atoms with Gasteiger partial charge >= 0.3 is 0 Å². The van der Waals surface area contributed by atoms with Crippen molar-refractivity contribution in [2.75, 3.05) is 27.2 Å². The van der Waals surface area contributed by atoms with Crippen molar-refractivity contribution in [3.8, 4) is 0 Å². The molecule has 0 aliphatic carbocycles. The molecule has 1 rings (SSSR count). The lowest BCUT2D eigenvalue weighted by Crippen LogP contribution is -2.39. The lowest BCUT2D eigenvalue weighted by molar-refractivity contribution is 0.447. The Morgan fingerprint density at radius 3 is 2.88 bits per heavy atom. The highest BCUT2D eigenvalue weighted by Gasteiger charge is 2.16. The predicted molar refractivity (Wildman–Crippen MR) is 63.3 cm³/mol. The summed E-state index contributed by atoms with van der Waals surface area (Å²) >= 11 is 0. The topological polar surface area (TPSA) is 103 Å². The molecule has 0 radical (unpaired) electrons. The highest BCUT2D eigenvalue weighted by atomic mass is 32.2. The Morgan fingerprint density at radius 1 is 1.53 bits per heavy atom. The molecule has 0 fully saturated rings. The zero-order valence-corrected chi connectivity index (χ0v) is 10.8. The third kappa shape index (κ3) is 4.77. The third-order valence-electron chi connectivity index (χ3n) is 2.20. The van der Waals surface area contributed by atoms with Gasteiger partial charge in [0.1, 0.15) is 12.2 Å². The smallest absolute Gasteiger partial charge is 0.279 e. The maximum absolute atomic E-state index is 11.8. The maximum Gasteiger partial charge on any atom is 0.279 e. The van der Waals surface area contributed by atoms with Crippen LogP contribution in [-0.4, -0.2) is 55.1 Å². The van der Waals surface area contributed by atoms with Gasteiger partial charge in [0.05, 0.1) is 6.54 Å². The molecule has 0 atom stereocenters. The van der Waals surface area contributed by atoms with Crippen LogP contribution in [0, 0.1) is 0 Å². The van der Waals surface area contributed by atoms with Gasteiger partial charge in [-0.1, -0.05) is 0 Å². The Hall–Kier alpha value is -1.03. The molecule has 1 aromatic rings. The highest BCUT2D eigenvalue weighted by Crippen LogP contribution is 1.96. The number of H-pyrrole nitrogens is 1. The number of hydrogen-bond donors (Lipinski definition) is 3. The summed E-state index contributed by atoms with van der Waals surface area (Å²) in [6.45, 7) is 1.35. The van der Waals surface area contributed by atoms with E-state index in [-0.39, 0.29) is 6.54 Å². The fraction of sp³-hybridized carbons (Fsp3) is 0.750. The Kier molecular flexibility index (Phi) is 5.48. The molecule has 9 heteroatoms. The molecular formula is C8H18N6O2S. The summed E-state index contributed by atoms with van der Waals surface area (Å²) < 4.78 is 27.2. The molecule has 0 saturated carbocycles. The van der Waals surface area contributed by atoms with Crippen LogP contribution in [0.3, 0.4) is 0 Å². The maximum atomic E-state index is 11.8. The predicted octanol–water partition coefficient (Wildman–Crippen LogP) is -1.32. The largest absolute Gasteiger partial charge is 0.320 e. The third-order valence-corrected chi connectivity index (χ3v) is 3.71. The van der Waals surface area contributed by atoms with Gasteiger partial charge < -0.3 is 5.32 Å². The van der Waals surface area contributed by atoms with Gasteiger partial charge in [-0.3, -0.25) is 5.10 Å². The van der Waals surface area contributed by atoms with E-state index in [0.717, 1.165) is 13.0 Å². The molecule has 0 aliphatic heterocycles. The molecule has 98 valence electrons. The second kappa shape index (κ2) is 6.64. The Balaban J connectivity index is 2.39. The van der Waals surface area contributed by atoms with Crippen LogP contribution in [0.5, 0.6) is 0 Å². The summed E-state index contributed by atoms with van der Waals surface area (Å²) in [5.74, 6) is 0.484. The van der Waals surface area contributed by atoms with Gasteiger partial charge in [-0.15, -0.1) is 0 Å². The van der Waals surface area contributed by atoms with Crippen molar-refractivity contribution < 1.29 is 8.42 Å². The molecular weight excluding hydrogens is 244 g/mol. The SMILES string of the molecule is CNCCCN(C)S(=O)(=O)NCc1ncn[nH]1. The summed E-state index contributed by atoms with van der Waals surface area (Å²) in [5, 5.41) is 9.18. The minimum absolute atomic E-state index is 0.110. The standard InChI is InChI=1S/C8H18N6O2S/c1-9-4-3-5-14(2)17(15,16)12-6-8-10-7-11-13-8/h7,9,12H,3-6H2,1-2H3,(H,10,11,13). The molecule has 17 heavy (non-hydrogen) atoms. The summed E-state index contributed by atoms with van der Waals surface area (Å²) in [5.41, 5.74) is 0. The number of aromatic nitrogens is 3. The van der Waals surface area contributed by atoms with Crippen LogP contribution in [0.1, 0.15) is 12.2 Å². The second-order valence-electron chi connectivity index (χ2n) is 3.54. The van der Waals surface area contributed by atoms with Gasteiger partial charge in [-0.25, -0.2) is 4.98 Å². The van der Waals surface area contributed by atoms with Gasteiger partial charge in [0.2, 0.25) is 0 Å². The fourth-order valence-corrected chi connectivity index (χ4v) is 2.09. The molecule has 0 amide bonds. The van der Waals surface area contributed by atoms with Crippen LogP contribution in [0.4, 0.5) is 0 Å². The van der Waals surface area contributed by atoms with Crippen molar-refractivity contribution in [2.24, 2.45) is 0 Å². The van der Waals surface area contributed by atoms with Crippen LogP contribution >= 0.6 is 0 Å². The molecule has 1 aromatic heterocycles. The second-order valence-corrected chi connectivity index (χ2v) is 5.40. The van der Waals surface area contributed by atoms with Crippen LogP contribution < -0.4 is 10.0 Å². The first kappa shape index (κ1) is 14.0. The lowest BCUT2D eigenvalue weighted by atomic mass is 10.4. The van der Waals surface area contributed by atoms with Gasteiger partial charge in [-0.05, 0) is 20.0 Å². The van der Waals surface area contributed by atoms with Crippen LogP contribution in [0.25, 0.3) is 0 Å². The average Bonchev–Trinajstić information content (AvgIpc) is 2.79. The first-order valence-electron chi connectivity index (χ1n) is 5.26. The molecule has 0 unspecified atom stereocenters. The van der Waals surface area contributed by atoms with E-state index < -0.39 is 10.2 Å². The van der Waals surface area contributed by atoms with E-state index in [4.69, 9.17) is 0 Å². The summed E-state index contributed by atoms with van der Waals surface area (Å²) in [4.78, 5) is 3.83. The van der Waals surface area contributed by atoms with Crippen molar-refractivity contribution in [3.63, 3.8) is 0 Å². The molecule has 1 heterocycles. The molecule has 0 saturated heterocycles. The highest BCUT2D eigenvalue weighted by molar-refractivity contribution is 7.87. The van der Waals surface area contributed by atoms with E-state index in [9.17, 15) is 8.42 Å². The monoisotopic (exact) mass is 262 g/mol. The number of aromatic amines is 1. The van der Waals surface area contributed by atoms with Gasteiger partial charge in [0.25, 0.3) is 10.2 Å². The fourth-order valence-electron chi connectivity index (χ4n) is 1.18. The minimum Gasteiger partial charge on any atom is -0.320 e. The number of nitrogens with one attached hydrogen (secondary N) is 3. The zero-order valence-electron chi connectivity index (χ0n) is 9.97. The Labute approximate surface area is 101 Å². The van der Waals surface area contributed by atoms with E-state index in [0.29, 0.717) is 12.4 Å². The van der Waals surface area contributed by atoms with Gasteiger partial charge in [0, 0.05) is 13.6 Å². The quantitative estimate of drug-likeness (QED) is 0.504. The average molecular weight is 262 g/mol. The van der Waals surface area contributed by atoms with Gasteiger partial charge in [0.15, 0.2) is 0 Å². The molecule has 0 aromatic carbocycles. The van der Waals surface area contributed by atoms with Crippen molar-refractivity contribution >= 4 is 10.2 Å². The zero-order chi connectivity index (χ0) is 12.7. The van der Waals surface area contributed by atoms with E-state index in [1.807, 2.05) is 7.05 Å². The Morgan fingerprint density at radius 2 is 2.29 bits per heavy atom. The van der Waals surface area contributed by atoms with Crippen LogP contribution in [-0.2, 0) is 16.8 Å². The first-order valence-corrected chi connectivity index (χ1v) is 6.70. The van der Waals surface area contributed by atoms with E-state index in [1.54, 1.807) is 7.05 Å². The van der Waals surface area contributed by atoms with Crippen LogP contribution in [0.2, 0.25) is 0 Å². The molecule has 0 aliphatic rings. The molecule has 0 bridgehead atoms. The molecule has 8 nitrogen and oxygen atoms in total. The van der Waals surface area contributed by atoms with E-state index in [1.165, 1.54) is 10.6 Å². The number of hydrogen-bond acceptors (Lipinski definition) is 5. The number of nitrogens with zero attached hydrogens (tertiary/aromatic N) is 3. The first-order chi connectivity index (χ1) is 8.06. The number of rotatable bonds is 8. The minimum atomic E-state index is -3.45. The Bertz CT molecular complexity index is 404. The van der Waals surface area contributed by atoms with Crippen LogP contribution in [0.15, 0.2) is 6.33 Å². The van der Waals surface area contributed by atoms with Crippen molar-refractivity contribution in [1.82, 2.24) is 29.5 Å². The molecule has 3 N–H and O–H groups in total. The lowest BCUT2D eigenvalue weighted by Gasteiger charge is -2.16. The van der Waals surface area contributed by atoms with E-state index >= 15 is 0 Å². The summed E-state index contributed by atoms with van der Waals surface area (Å²) in [7, 11) is -0.0790.